The highest BCUT2D eigenvalue weighted by Gasteiger charge is 2.56. The number of hydrogen-bond acceptors (Lipinski definition) is 2. The third-order valence-electron chi connectivity index (χ3n) is 5.99. The van der Waals surface area contributed by atoms with Crippen LogP contribution in [0.25, 0.3) is 11.8 Å². The monoisotopic (exact) mass is 442 g/mol. The minimum atomic E-state index is -4.78. The summed E-state index contributed by atoms with van der Waals surface area (Å²) in [7, 11) is 0. The van der Waals surface area contributed by atoms with Crippen LogP contribution in [-0.2, 0) is 11.8 Å². The smallest absolute Gasteiger partial charge is 0.380 e. The van der Waals surface area contributed by atoms with Crippen molar-refractivity contribution in [3.63, 3.8) is 0 Å². The number of aromatic nitrogens is 1. The number of H-pyrrole nitrogens is 1. The summed E-state index contributed by atoms with van der Waals surface area (Å²) in [5.41, 5.74) is 4.88. The summed E-state index contributed by atoms with van der Waals surface area (Å²) in [5.74, 6) is 0.687. The SMILES string of the molecule is CC(C)(CC(O)(Cc1cc2c([nH]1)[NH2+]NC(c1ccccc1)=C2)C(F)(F)F)c1ccccc1. The Hall–Kier alpha value is -3.03. The third-order valence-corrected chi connectivity index (χ3v) is 5.99. The number of aromatic amines is 1. The zero-order valence-corrected chi connectivity index (χ0v) is 18.0. The molecule has 7 heteroatoms. The number of benzene rings is 2. The van der Waals surface area contributed by atoms with E-state index in [0.717, 1.165) is 22.4 Å². The first kappa shape index (κ1) is 22.2. The number of fused-ring (bicyclic) bond motifs is 1. The van der Waals surface area contributed by atoms with Crippen LogP contribution in [0.5, 0.6) is 0 Å². The molecule has 0 fully saturated rings. The third kappa shape index (κ3) is 4.45. The molecule has 2 aromatic carbocycles. The maximum atomic E-state index is 14.1. The van der Waals surface area contributed by atoms with Gasteiger partial charge in [-0.05, 0) is 29.5 Å². The molecule has 0 aliphatic carbocycles. The molecule has 5 N–H and O–H groups in total. The van der Waals surface area contributed by atoms with Gasteiger partial charge in [-0.2, -0.15) is 18.6 Å². The Morgan fingerprint density at radius 2 is 1.56 bits per heavy atom. The lowest BCUT2D eigenvalue weighted by atomic mass is 9.73. The van der Waals surface area contributed by atoms with E-state index in [0.29, 0.717) is 11.5 Å². The predicted molar refractivity (Wildman–Crippen MR) is 119 cm³/mol. The molecule has 4 nitrogen and oxygen atoms in total. The Balaban J connectivity index is 1.61. The standard InChI is InChI=1S/C25H26F3N3O/c1-23(2,19-11-7-4-8-12-19)16-24(32,25(26,27)28)15-20-13-18-14-21(30-31-22(18)29-20)17-9-5-3-6-10-17/h3-14,29-32H,15-16H2,1-2H3/p+1. The molecule has 4 rings (SSSR count). The van der Waals surface area contributed by atoms with E-state index in [1.165, 1.54) is 0 Å². The first-order chi connectivity index (χ1) is 15.1. The molecule has 2 heterocycles. The average Bonchev–Trinajstić information content (AvgIpc) is 3.15. The molecule has 1 atom stereocenters. The molecule has 32 heavy (non-hydrogen) atoms. The second-order valence-electron chi connectivity index (χ2n) is 9.01. The minimum absolute atomic E-state index is 0.335. The van der Waals surface area contributed by atoms with Gasteiger partial charge in [0.2, 0.25) is 5.82 Å². The van der Waals surface area contributed by atoms with Crippen LogP contribution in [-0.4, -0.2) is 21.9 Å². The fraction of sp³-hybridized carbons (Fsp3) is 0.280. The number of nitrogens with two attached hydrogens (primary N) is 1. The van der Waals surface area contributed by atoms with Crippen molar-refractivity contribution < 1.29 is 23.7 Å². The van der Waals surface area contributed by atoms with Crippen molar-refractivity contribution >= 4 is 17.6 Å². The lowest BCUT2D eigenvalue weighted by molar-refractivity contribution is -0.623. The highest BCUT2D eigenvalue weighted by Crippen LogP contribution is 2.43. The van der Waals surface area contributed by atoms with Crippen molar-refractivity contribution in [3.05, 3.63) is 89.1 Å². The number of quaternary nitrogens is 1. The number of hydrogen-bond donors (Lipinski definition) is 4. The maximum absolute atomic E-state index is 14.1. The molecule has 0 saturated heterocycles. The van der Waals surface area contributed by atoms with E-state index in [9.17, 15) is 18.3 Å². The van der Waals surface area contributed by atoms with Crippen LogP contribution in [0.2, 0.25) is 0 Å². The Morgan fingerprint density at radius 1 is 0.938 bits per heavy atom. The number of aliphatic hydroxyl groups is 1. The molecule has 0 bridgehead atoms. The van der Waals surface area contributed by atoms with Gasteiger partial charge in [0.05, 0.1) is 11.3 Å². The van der Waals surface area contributed by atoms with Gasteiger partial charge in [0.1, 0.15) is 0 Å². The maximum Gasteiger partial charge on any atom is 0.417 e. The zero-order valence-electron chi connectivity index (χ0n) is 18.0. The van der Waals surface area contributed by atoms with E-state index in [1.54, 1.807) is 49.6 Å². The molecular weight excluding hydrogens is 415 g/mol. The van der Waals surface area contributed by atoms with Crippen LogP contribution in [0.15, 0.2) is 66.7 Å². The Labute approximate surface area is 185 Å². The van der Waals surface area contributed by atoms with Crippen LogP contribution >= 0.6 is 0 Å². The second kappa shape index (κ2) is 8.15. The van der Waals surface area contributed by atoms with Crippen LogP contribution in [0.1, 0.15) is 42.7 Å². The lowest BCUT2D eigenvalue weighted by Crippen LogP contribution is -2.88. The topological polar surface area (TPSA) is 64.7 Å². The van der Waals surface area contributed by atoms with Crippen molar-refractivity contribution in [1.82, 2.24) is 10.4 Å². The van der Waals surface area contributed by atoms with Gasteiger partial charge in [-0.15, -0.1) is 0 Å². The predicted octanol–water partition coefficient (Wildman–Crippen LogP) is 4.43. The van der Waals surface area contributed by atoms with Gasteiger partial charge in [0.25, 0.3) is 0 Å². The van der Waals surface area contributed by atoms with E-state index < -0.39 is 30.0 Å². The molecule has 0 spiro atoms. The van der Waals surface area contributed by atoms with Gasteiger partial charge in [-0.1, -0.05) is 74.5 Å². The normalized spacial score (nSPS) is 16.0. The Morgan fingerprint density at radius 3 is 2.19 bits per heavy atom. The number of nitrogens with one attached hydrogen (secondary N) is 2. The van der Waals surface area contributed by atoms with Gasteiger partial charge in [-0.3, -0.25) is 0 Å². The van der Waals surface area contributed by atoms with Crippen molar-refractivity contribution in [3.8, 4) is 0 Å². The van der Waals surface area contributed by atoms with E-state index in [2.05, 4.69) is 10.4 Å². The Kier molecular flexibility index (Phi) is 5.65. The van der Waals surface area contributed by atoms with Gasteiger partial charge in [0, 0.05) is 17.7 Å². The van der Waals surface area contributed by atoms with Crippen LogP contribution in [0.4, 0.5) is 19.0 Å². The van der Waals surface area contributed by atoms with Crippen molar-refractivity contribution in [2.75, 3.05) is 0 Å². The highest BCUT2D eigenvalue weighted by atomic mass is 19.4. The quantitative estimate of drug-likeness (QED) is 0.427. The number of alkyl halides is 3. The van der Waals surface area contributed by atoms with E-state index in [4.69, 9.17) is 0 Å². The highest BCUT2D eigenvalue weighted by molar-refractivity contribution is 5.83. The lowest BCUT2D eigenvalue weighted by Gasteiger charge is -2.37. The molecule has 1 unspecified atom stereocenters. The summed E-state index contributed by atoms with van der Waals surface area (Å²) in [6.45, 7) is 3.46. The van der Waals surface area contributed by atoms with Gasteiger partial charge >= 0.3 is 6.18 Å². The minimum Gasteiger partial charge on any atom is -0.380 e. The summed E-state index contributed by atoms with van der Waals surface area (Å²) in [6, 6.07) is 20.4. The fourth-order valence-electron chi connectivity index (χ4n) is 4.31. The van der Waals surface area contributed by atoms with E-state index in [-0.39, 0.29) is 0 Å². The summed E-state index contributed by atoms with van der Waals surface area (Å²) in [5, 5.41) is 10.9. The van der Waals surface area contributed by atoms with Gasteiger partial charge in [-0.25, -0.2) is 5.43 Å². The molecule has 1 aliphatic heterocycles. The number of halogens is 3. The number of rotatable bonds is 6. The van der Waals surface area contributed by atoms with Crippen LogP contribution in [0, 0.1) is 0 Å². The van der Waals surface area contributed by atoms with Crippen molar-refractivity contribution in [2.45, 2.75) is 43.9 Å². The molecule has 0 radical (unpaired) electrons. The summed E-state index contributed by atoms with van der Waals surface area (Å²) < 4.78 is 42.3. The largest absolute Gasteiger partial charge is 0.417 e. The van der Waals surface area contributed by atoms with Gasteiger partial charge < -0.3 is 10.1 Å². The molecule has 3 aromatic rings. The van der Waals surface area contributed by atoms with E-state index >= 15 is 0 Å². The zero-order chi connectivity index (χ0) is 23.0. The molecule has 0 amide bonds. The fourth-order valence-corrected chi connectivity index (χ4v) is 4.31. The summed E-state index contributed by atoms with van der Waals surface area (Å²) in [4.78, 5) is 3.04. The van der Waals surface area contributed by atoms with Gasteiger partial charge in [0.15, 0.2) is 5.60 Å². The Bertz CT molecular complexity index is 1100. The molecule has 1 aliphatic rings. The average molecular weight is 443 g/mol. The van der Waals surface area contributed by atoms with E-state index in [1.807, 2.05) is 42.5 Å². The first-order valence-corrected chi connectivity index (χ1v) is 10.5. The summed E-state index contributed by atoms with van der Waals surface area (Å²) >= 11 is 0. The molecule has 168 valence electrons. The van der Waals surface area contributed by atoms with Crippen molar-refractivity contribution in [1.29, 1.82) is 0 Å². The van der Waals surface area contributed by atoms with Crippen LogP contribution < -0.4 is 10.9 Å². The molecule has 0 saturated carbocycles. The molecule has 1 aromatic heterocycles. The van der Waals surface area contributed by atoms with Crippen molar-refractivity contribution in [2.24, 2.45) is 0 Å². The second-order valence-corrected chi connectivity index (χ2v) is 9.01. The first-order valence-electron chi connectivity index (χ1n) is 10.5. The summed E-state index contributed by atoms with van der Waals surface area (Å²) in [6.07, 6.45) is -3.89. The molecular formula is C25H27F3N3O+. The van der Waals surface area contributed by atoms with Crippen LogP contribution in [0.3, 0.4) is 0 Å².